The lowest BCUT2D eigenvalue weighted by Gasteiger charge is -2.15. The third-order valence-electron chi connectivity index (χ3n) is 3.35. The van der Waals surface area contributed by atoms with Gasteiger partial charge in [0.25, 0.3) is 5.01 Å². The molecule has 0 bridgehead atoms. The zero-order valence-corrected chi connectivity index (χ0v) is 13.0. The summed E-state index contributed by atoms with van der Waals surface area (Å²) in [4.78, 5) is 13.5. The van der Waals surface area contributed by atoms with Gasteiger partial charge in [0.15, 0.2) is 12.1 Å². The van der Waals surface area contributed by atoms with Crippen LogP contribution < -0.4 is 4.57 Å². The standard InChI is InChI=1S/C15H16NO2S2/c1-3-18-15(17)13-10(2)20-12-7-5-4-6-11(12)16-8-9-19-14(13)16/h4-10,13H,3H2,1-2H3/q+1/t10-,13-/m0/s1. The molecule has 1 aromatic carbocycles. The minimum Gasteiger partial charge on any atom is -0.465 e. The number of esters is 1. The second-order valence-corrected chi connectivity index (χ2v) is 6.98. The minimum atomic E-state index is -0.215. The summed E-state index contributed by atoms with van der Waals surface area (Å²) in [6.45, 7) is 4.37. The number of fused-ring (bicyclic) bond motifs is 3. The summed E-state index contributed by atoms with van der Waals surface area (Å²) < 4.78 is 7.40. The molecular formula is C15H16NO2S2+. The lowest BCUT2D eigenvalue weighted by molar-refractivity contribution is -0.601. The van der Waals surface area contributed by atoms with Crippen molar-refractivity contribution in [3.8, 4) is 5.69 Å². The third-order valence-corrected chi connectivity index (χ3v) is 5.54. The van der Waals surface area contributed by atoms with Crippen LogP contribution in [0.1, 0.15) is 24.8 Å². The van der Waals surface area contributed by atoms with Crippen LogP contribution >= 0.6 is 23.1 Å². The number of hydrogen-bond acceptors (Lipinski definition) is 4. The topological polar surface area (TPSA) is 30.2 Å². The third kappa shape index (κ3) is 2.25. The molecule has 2 atom stereocenters. The zero-order chi connectivity index (χ0) is 14.1. The van der Waals surface area contributed by atoms with Crippen molar-refractivity contribution >= 4 is 29.1 Å². The van der Waals surface area contributed by atoms with Crippen molar-refractivity contribution in [2.45, 2.75) is 29.9 Å². The van der Waals surface area contributed by atoms with Gasteiger partial charge in [-0.1, -0.05) is 30.4 Å². The molecule has 0 unspecified atom stereocenters. The summed E-state index contributed by atoms with van der Waals surface area (Å²) in [5, 5.41) is 3.23. The fourth-order valence-corrected chi connectivity index (χ4v) is 4.81. The van der Waals surface area contributed by atoms with E-state index < -0.39 is 0 Å². The van der Waals surface area contributed by atoms with Gasteiger partial charge in [-0.25, -0.2) is 0 Å². The van der Waals surface area contributed by atoms with Gasteiger partial charge in [0.05, 0.1) is 16.9 Å². The number of aromatic nitrogens is 1. The van der Waals surface area contributed by atoms with Crippen LogP contribution in [0.4, 0.5) is 0 Å². The summed E-state index contributed by atoms with van der Waals surface area (Å²) >= 11 is 3.36. The molecule has 0 fully saturated rings. The summed E-state index contributed by atoms with van der Waals surface area (Å²) in [5.41, 5.74) is 1.15. The average molecular weight is 306 g/mol. The van der Waals surface area contributed by atoms with Crippen LogP contribution in [0.2, 0.25) is 0 Å². The van der Waals surface area contributed by atoms with Gasteiger partial charge in [0, 0.05) is 11.3 Å². The van der Waals surface area contributed by atoms with E-state index in [9.17, 15) is 4.79 Å². The first-order valence-electron chi connectivity index (χ1n) is 6.64. The highest BCUT2D eigenvalue weighted by molar-refractivity contribution is 8.00. The molecule has 3 nitrogen and oxygen atoms in total. The largest absolute Gasteiger partial charge is 0.465 e. The van der Waals surface area contributed by atoms with Crippen molar-refractivity contribution in [1.29, 1.82) is 0 Å². The second-order valence-electron chi connectivity index (χ2n) is 4.63. The molecule has 0 amide bonds. The summed E-state index contributed by atoms with van der Waals surface area (Å²) in [5.74, 6) is -0.344. The molecule has 2 aromatic rings. The maximum absolute atomic E-state index is 12.3. The van der Waals surface area contributed by atoms with E-state index in [1.54, 1.807) is 23.1 Å². The van der Waals surface area contributed by atoms with Crippen molar-refractivity contribution in [2.75, 3.05) is 6.61 Å². The lowest BCUT2D eigenvalue weighted by Crippen LogP contribution is -2.37. The van der Waals surface area contributed by atoms with Crippen LogP contribution in [0.15, 0.2) is 40.7 Å². The van der Waals surface area contributed by atoms with E-state index >= 15 is 0 Å². The Hall–Kier alpha value is -1.33. The molecule has 0 spiro atoms. The Bertz CT molecular complexity index is 638. The van der Waals surface area contributed by atoms with Crippen LogP contribution in [0.5, 0.6) is 0 Å². The zero-order valence-electron chi connectivity index (χ0n) is 11.4. The molecule has 1 aliphatic heterocycles. The number of thioether (sulfide) groups is 1. The van der Waals surface area contributed by atoms with Gasteiger partial charge in [0.2, 0.25) is 5.69 Å². The number of ether oxygens (including phenoxy) is 1. The van der Waals surface area contributed by atoms with Crippen molar-refractivity contribution in [1.82, 2.24) is 0 Å². The fourth-order valence-electron chi connectivity index (χ4n) is 2.46. The van der Waals surface area contributed by atoms with Gasteiger partial charge < -0.3 is 4.74 Å². The van der Waals surface area contributed by atoms with E-state index in [1.807, 2.05) is 30.6 Å². The Morgan fingerprint density at radius 1 is 1.40 bits per heavy atom. The molecule has 0 radical (unpaired) electrons. The van der Waals surface area contributed by atoms with E-state index in [0.717, 1.165) is 10.7 Å². The molecule has 5 heteroatoms. The number of thiazole rings is 1. The molecule has 104 valence electrons. The molecule has 0 aliphatic carbocycles. The Morgan fingerprint density at radius 2 is 2.20 bits per heavy atom. The van der Waals surface area contributed by atoms with E-state index in [-0.39, 0.29) is 17.1 Å². The lowest BCUT2D eigenvalue weighted by atomic mass is 10.1. The van der Waals surface area contributed by atoms with E-state index in [4.69, 9.17) is 4.74 Å². The quantitative estimate of drug-likeness (QED) is 0.630. The Balaban J connectivity index is 2.12. The first kappa shape index (κ1) is 13.6. The molecule has 1 aromatic heterocycles. The number of carbonyl (C=O) groups excluding carboxylic acids is 1. The monoisotopic (exact) mass is 306 g/mol. The molecule has 3 rings (SSSR count). The predicted octanol–water partition coefficient (Wildman–Crippen LogP) is 3.17. The summed E-state index contributed by atoms with van der Waals surface area (Å²) in [7, 11) is 0. The van der Waals surface area contributed by atoms with E-state index in [1.165, 1.54) is 4.90 Å². The van der Waals surface area contributed by atoms with Crippen molar-refractivity contribution in [2.24, 2.45) is 0 Å². The molecule has 20 heavy (non-hydrogen) atoms. The first-order chi connectivity index (χ1) is 9.72. The highest BCUT2D eigenvalue weighted by atomic mass is 32.2. The van der Waals surface area contributed by atoms with E-state index in [2.05, 4.69) is 23.6 Å². The van der Waals surface area contributed by atoms with Crippen molar-refractivity contribution < 1.29 is 14.1 Å². The van der Waals surface area contributed by atoms with Gasteiger partial charge in [-0.2, -0.15) is 4.57 Å². The highest BCUT2D eigenvalue weighted by Crippen LogP contribution is 2.39. The molecule has 0 saturated heterocycles. The van der Waals surface area contributed by atoms with Gasteiger partial charge >= 0.3 is 5.97 Å². The molecule has 1 aliphatic rings. The Morgan fingerprint density at radius 3 is 3.00 bits per heavy atom. The molecule has 2 heterocycles. The Labute approximate surface area is 126 Å². The van der Waals surface area contributed by atoms with Crippen LogP contribution in [-0.4, -0.2) is 17.8 Å². The highest BCUT2D eigenvalue weighted by Gasteiger charge is 2.41. The van der Waals surface area contributed by atoms with Gasteiger partial charge in [0.1, 0.15) is 0 Å². The van der Waals surface area contributed by atoms with Crippen LogP contribution in [-0.2, 0) is 9.53 Å². The van der Waals surface area contributed by atoms with Crippen LogP contribution in [0.25, 0.3) is 5.69 Å². The number of carbonyl (C=O) groups is 1. The number of nitrogens with zero attached hydrogens (tertiary/aromatic N) is 1. The molecule has 0 N–H and O–H groups in total. The van der Waals surface area contributed by atoms with Gasteiger partial charge in [-0.3, -0.25) is 4.79 Å². The van der Waals surface area contributed by atoms with E-state index in [0.29, 0.717) is 6.61 Å². The molecule has 0 saturated carbocycles. The fraction of sp³-hybridized carbons (Fsp3) is 0.333. The SMILES string of the molecule is CCOC(=O)[C@@H]1c2scc[n+]2-c2ccccc2S[C@H]1C. The molecular weight excluding hydrogens is 290 g/mol. The van der Waals surface area contributed by atoms with Gasteiger partial charge in [-0.05, 0) is 13.0 Å². The number of benzene rings is 1. The van der Waals surface area contributed by atoms with Crippen LogP contribution in [0, 0.1) is 0 Å². The smallest absolute Gasteiger partial charge is 0.321 e. The number of hydrogen-bond donors (Lipinski definition) is 0. The Kier molecular flexibility index (Phi) is 3.81. The maximum atomic E-state index is 12.3. The summed E-state index contributed by atoms with van der Waals surface area (Å²) in [6.07, 6.45) is 2.03. The number of rotatable bonds is 2. The average Bonchev–Trinajstić information content (AvgIpc) is 2.84. The second kappa shape index (κ2) is 5.58. The minimum absolute atomic E-state index is 0.128. The maximum Gasteiger partial charge on any atom is 0.321 e. The van der Waals surface area contributed by atoms with Gasteiger partial charge in [-0.15, -0.1) is 11.8 Å². The normalized spacial score (nSPS) is 20.7. The number of para-hydroxylation sites is 1. The van der Waals surface area contributed by atoms with Crippen LogP contribution in [0.3, 0.4) is 0 Å². The predicted molar refractivity (Wildman–Crippen MR) is 80.5 cm³/mol. The van der Waals surface area contributed by atoms with Crippen molar-refractivity contribution in [3.05, 3.63) is 40.8 Å². The van der Waals surface area contributed by atoms with Crippen molar-refractivity contribution in [3.63, 3.8) is 0 Å². The first-order valence-corrected chi connectivity index (χ1v) is 8.40. The summed E-state index contributed by atoms with van der Waals surface area (Å²) in [6, 6.07) is 8.27.